The zero-order valence-electron chi connectivity index (χ0n) is 13.5. The van der Waals surface area contributed by atoms with Gasteiger partial charge in [-0.2, -0.15) is 0 Å². The van der Waals surface area contributed by atoms with Crippen molar-refractivity contribution in [2.24, 2.45) is 5.41 Å². The molecule has 2 N–H and O–H groups in total. The van der Waals surface area contributed by atoms with Crippen molar-refractivity contribution in [3.05, 3.63) is 29.0 Å². The molecule has 1 rings (SSSR count). The van der Waals surface area contributed by atoms with Gasteiger partial charge in [0.2, 0.25) is 5.91 Å². The number of amides is 1. The Hall–Kier alpha value is -1.17. The summed E-state index contributed by atoms with van der Waals surface area (Å²) < 4.78 is 13.6. The Morgan fingerprint density at radius 2 is 2.09 bits per heavy atom. The van der Waals surface area contributed by atoms with Crippen molar-refractivity contribution in [1.29, 1.82) is 0 Å². The summed E-state index contributed by atoms with van der Waals surface area (Å²) in [5, 5.41) is 12.3. The van der Waals surface area contributed by atoms with Gasteiger partial charge in [0.1, 0.15) is 5.82 Å². The van der Waals surface area contributed by atoms with Crippen LogP contribution in [0.3, 0.4) is 0 Å². The zero-order chi connectivity index (χ0) is 16.9. The van der Waals surface area contributed by atoms with Gasteiger partial charge in [0, 0.05) is 24.0 Å². The van der Waals surface area contributed by atoms with E-state index in [0.29, 0.717) is 6.54 Å². The SMILES string of the molecule is CN(CCC(=O)Nc1ccc(Cl)cc1F)C(CO)C(C)(C)C. The van der Waals surface area contributed by atoms with Crippen LogP contribution in [0.2, 0.25) is 5.02 Å². The summed E-state index contributed by atoms with van der Waals surface area (Å²) in [6, 6.07) is 4.07. The molecule has 1 aromatic rings. The molecule has 6 heteroatoms. The largest absolute Gasteiger partial charge is 0.395 e. The van der Waals surface area contributed by atoms with Crippen molar-refractivity contribution in [3.8, 4) is 0 Å². The third kappa shape index (κ3) is 5.55. The summed E-state index contributed by atoms with van der Waals surface area (Å²) in [5.74, 6) is -0.837. The average Bonchev–Trinajstić information content (AvgIpc) is 2.39. The molecule has 0 saturated heterocycles. The number of halogens is 2. The number of carbonyl (C=O) groups is 1. The maximum atomic E-state index is 13.6. The fourth-order valence-corrected chi connectivity index (χ4v) is 2.47. The second kappa shape index (κ2) is 7.90. The van der Waals surface area contributed by atoms with Crippen LogP contribution >= 0.6 is 11.6 Å². The highest BCUT2D eigenvalue weighted by atomic mass is 35.5. The van der Waals surface area contributed by atoms with Gasteiger partial charge < -0.3 is 15.3 Å². The standard InChI is InChI=1S/C16H24ClFN2O2/c1-16(2,3)14(10-21)20(4)8-7-15(22)19-13-6-5-11(17)9-12(13)18/h5-6,9,14,21H,7-8,10H2,1-4H3,(H,19,22). The number of aliphatic hydroxyl groups is 1. The summed E-state index contributed by atoms with van der Waals surface area (Å²) in [5.41, 5.74) is 0.0222. The molecule has 0 aliphatic rings. The van der Waals surface area contributed by atoms with E-state index in [0.717, 1.165) is 6.07 Å². The van der Waals surface area contributed by atoms with Crippen LogP contribution in [0.5, 0.6) is 0 Å². The van der Waals surface area contributed by atoms with Crippen molar-refractivity contribution in [1.82, 2.24) is 4.90 Å². The summed E-state index contributed by atoms with van der Waals surface area (Å²) >= 11 is 5.67. The molecule has 0 saturated carbocycles. The molecule has 1 aromatic carbocycles. The van der Waals surface area contributed by atoms with Crippen LogP contribution in [0.1, 0.15) is 27.2 Å². The Kier molecular flexibility index (Phi) is 6.78. The molecule has 0 radical (unpaired) electrons. The fourth-order valence-electron chi connectivity index (χ4n) is 2.31. The highest BCUT2D eigenvalue weighted by Gasteiger charge is 2.27. The first kappa shape index (κ1) is 18.9. The van der Waals surface area contributed by atoms with Gasteiger partial charge in [0.25, 0.3) is 0 Å². The van der Waals surface area contributed by atoms with Gasteiger partial charge in [-0.3, -0.25) is 4.79 Å². The molecule has 1 atom stereocenters. The zero-order valence-corrected chi connectivity index (χ0v) is 14.2. The predicted octanol–water partition coefficient (Wildman–Crippen LogP) is 3.15. The molecule has 1 amide bonds. The number of likely N-dealkylation sites (N-methyl/N-ethyl adjacent to an activating group) is 1. The molecule has 22 heavy (non-hydrogen) atoms. The van der Waals surface area contributed by atoms with Gasteiger partial charge in [-0.05, 0) is 30.7 Å². The third-order valence-corrected chi connectivity index (χ3v) is 3.84. The molecule has 0 bridgehead atoms. The maximum absolute atomic E-state index is 13.6. The second-order valence-electron chi connectivity index (χ2n) is 6.47. The monoisotopic (exact) mass is 330 g/mol. The minimum absolute atomic E-state index is 0.0213. The van der Waals surface area contributed by atoms with Crippen LogP contribution in [-0.2, 0) is 4.79 Å². The number of nitrogens with one attached hydrogen (secondary N) is 1. The molecule has 1 unspecified atom stereocenters. The lowest BCUT2D eigenvalue weighted by Gasteiger charge is -2.36. The summed E-state index contributed by atoms with van der Waals surface area (Å²) in [7, 11) is 1.86. The third-order valence-electron chi connectivity index (χ3n) is 3.60. The van der Waals surface area contributed by atoms with Crippen molar-refractivity contribution in [3.63, 3.8) is 0 Å². The van der Waals surface area contributed by atoms with Crippen molar-refractivity contribution < 1.29 is 14.3 Å². The minimum Gasteiger partial charge on any atom is -0.395 e. The molecule has 0 fully saturated rings. The van der Waals surface area contributed by atoms with Gasteiger partial charge in [0.15, 0.2) is 0 Å². The fraction of sp³-hybridized carbons (Fsp3) is 0.562. The van der Waals surface area contributed by atoms with E-state index < -0.39 is 5.82 Å². The summed E-state index contributed by atoms with van der Waals surface area (Å²) in [6.45, 7) is 6.60. The molecule has 4 nitrogen and oxygen atoms in total. The van der Waals surface area contributed by atoms with E-state index in [1.54, 1.807) is 0 Å². The number of carbonyl (C=O) groups excluding carboxylic acids is 1. The lowest BCUT2D eigenvalue weighted by Crippen LogP contribution is -2.45. The Labute approximate surface area is 136 Å². The van der Waals surface area contributed by atoms with Gasteiger partial charge >= 0.3 is 0 Å². The maximum Gasteiger partial charge on any atom is 0.225 e. The van der Waals surface area contributed by atoms with Crippen molar-refractivity contribution in [2.45, 2.75) is 33.2 Å². The molecule has 0 aliphatic heterocycles. The molecule has 0 aromatic heterocycles. The van der Waals surface area contributed by atoms with Crippen LogP contribution < -0.4 is 5.32 Å². The Balaban J connectivity index is 2.55. The lowest BCUT2D eigenvalue weighted by molar-refractivity contribution is -0.116. The van der Waals surface area contributed by atoms with E-state index in [4.69, 9.17) is 11.6 Å². The van der Waals surface area contributed by atoms with Crippen LogP contribution in [-0.4, -0.2) is 42.2 Å². The number of benzene rings is 1. The van der Waals surface area contributed by atoms with Gasteiger partial charge in [-0.15, -0.1) is 0 Å². The van der Waals surface area contributed by atoms with Crippen LogP contribution in [0, 0.1) is 11.2 Å². The molecule has 0 spiro atoms. The van der Waals surface area contributed by atoms with Gasteiger partial charge in [0.05, 0.1) is 12.3 Å². The number of aliphatic hydroxyl groups excluding tert-OH is 1. The second-order valence-corrected chi connectivity index (χ2v) is 6.90. The minimum atomic E-state index is -0.558. The Morgan fingerprint density at radius 3 is 2.59 bits per heavy atom. The highest BCUT2D eigenvalue weighted by Crippen LogP contribution is 2.23. The first-order chi connectivity index (χ1) is 10.1. The van der Waals surface area contributed by atoms with E-state index in [-0.39, 0.29) is 41.1 Å². The smallest absolute Gasteiger partial charge is 0.225 e. The van der Waals surface area contributed by atoms with Gasteiger partial charge in [-0.25, -0.2) is 4.39 Å². The number of nitrogens with zero attached hydrogens (tertiary/aromatic N) is 1. The topological polar surface area (TPSA) is 52.6 Å². The van der Waals surface area contributed by atoms with E-state index in [1.807, 2.05) is 32.7 Å². The highest BCUT2D eigenvalue weighted by molar-refractivity contribution is 6.30. The normalized spacial score (nSPS) is 13.3. The molecule has 0 heterocycles. The first-order valence-electron chi connectivity index (χ1n) is 7.21. The van der Waals surface area contributed by atoms with E-state index in [2.05, 4.69) is 5.32 Å². The van der Waals surface area contributed by atoms with Crippen LogP contribution in [0.4, 0.5) is 10.1 Å². The van der Waals surface area contributed by atoms with E-state index in [1.165, 1.54) is 12.1 Å². The average molecular weight is 331 g/mol. The molecular formula is C16H24ClFN2O2. The number of hydrogen-bond acceptors (Lipinski definition) is 3. The first-order valence-corrected chi connectivity index (χ1v) is 7.59. The summed E-state index contributed by atoms with van der Waals surface area (Å²) in [6.07, 6.45) is 0.213. The van der Waals surface area contributed by atoms with Crippen molar-refractivity contribution >= 4 is 23.2 Å². The van der Waals surface area contributed by atoms with Crippen LogP contribution in [0.25, 0.3) is 0 Å². The molecule has 124 valence electrons. The molecule has 0 aliphatic carbocycles. The van der Waals surface area contributed by atoms with Gasteiger partial charge in [-0.1, -0.05) is 32.4 Å². The Morgan fingerprint density at radius 1 is 1.45 bits per heavy atom. The van der Waals surface area contributed by atoms with E-state index in [9.17, 15) is 14.3 Å². The number of anilines is 1. The lowest BCUT2D eigenvalue weighted by atomic mass is 9.86. The summed E-state index contributed by atoms with van der Waals surface area (Å²) in [4.78, 5) is 13.9. The van der Waals surface area contributed by atoms with E-state index >= 15 is 0 Å². The Bertz CT molecular complexity index is 517. The van der Waals surface area contributed by atoms with Crippen LogP contribution in [0.15, 0.2) is 18.2 Å². The van der Waals surface area contributed by atoms with Crippen molar-refractivity contribution in [2.75, 3.05) is 25.5 Å². The number of rotatable bonds is 6. The molecular weight excluding hydrogens is 307 g/mol. The quantitative estimate of drug-likeness (QED) is 0.842. The number of hydrogen-bond donors (Lipinski definition) is 2. The predicted molar refractivity (Wildman–Crippen MR) is 87.6 cm³/mol.